The summed E-state index contributed by atoms with van der Waals surface area (Å²) in [6.07, 6.45) is -1.81. The summed E-state index contributed by atoms with van der Waals surface area (Å²) in [5.41, 5.74) is 4.21. The molecule has 242 valence electrons. The molecule has 0 saturated carbocycles. The van der Waals surface area contributed by atoms with Crippen molar-refractivity contribution >= 4 is 52.8 Å². The van der Waals surface area contributed by atoms with E-state index in [1.807, 2.05) is 19.1 Å². The summed E-state index contributed by atoms with van der Waals surface area (Å²) in [7, 11) is 1.35. The molecule has 4 rings (SSSR count). The number of benzene rings is 3. The standard InChI is InChI=1S/C34H36ClN3O8/c1-20-9-6-7-10-26(20)32(41)36-25-13-14-27(21(2)17-25)33(42)38-16-8-11-30(28-18-24(35)12-15-29(28)38)46-31(40)19-37(5)34(43)45-23(4)44-22(3)39/h6-7,9-10,12-15,17-18,23,30H,8,11,16,19H2,1-5H3,(H,36,41). The number of carbonyl (C=O) groups excluding carboxylic acids is 5. The predicted octanol–water partition coefficient (Wildman–Crippen LogP) is 6.21. The number of esters is 2. The van der Waals surface area contributed by atoms with Gasteiger partial charge in [0.1, 0.15) is 12.6 Å². The summed E-state index contributed by atoms with van der Waals surface area (Å²) < 4.78 is 15.6. The Balaban J connectivity index is 1.48. The van der Waals surface area contributed by atoms with Crippen LogP contribution in [0.2, 0.25) is 5.02 Å². The first kappa shape index (κ1) is 34.0. The third kappa shape index (κ3) is 8.42. The molecule has 0 spiro atoms. The van der Waals surface area contributed by atoms with Gasteiger partial charge in [0.2, 0.25) is 6.29 Å². The Labute approximate surface area is 272 Å². The van der Waals surface area contributed by atoms with Crippen LogP contribution in [0, 0.1) is 13.8 Å². The Bertz CT molecular complexity index is 1660. The molecule has 11 nitrogen and oxygen atoms in total. The summed E-state index contributed by atoms with van der Waals surface area (Å²) in [6.45, 7) is 6.16. The molecular weight excluding hydrogens is 614 g/mol. The number of carbonyl (C=O) groups is 5. The molecule has 0 radical (unpaired) electrons. The molecule has 0 saturated heterocycles. The lowest BCUT2D eigenvalue weighted by atomic mass is 10.0. The topological polar surface area (TPSA) is 132 Å². The van der Waals surface area contributed by atoms with Gasteiger partial charge in [0.25, 0.3) is 11.8 Å². The van der Waals surface area contributed by atoms with Crippen LogP contribution in [-0.2, 0) is 23.8 Å². The quantitative estimate of drug-likeness (QED) is 0.225. The maximum absolute atomic E-state index is 13.9. The van der Waals surface area contributed by atoms with E-state index in [9.17, 15) is 24.0 Å². The zero-order chi connectivity index (χ0) is 33.5. The minimum Gasteiger partial charge on any atom is -0.456 e. The highest BCUT2D eigenvalue weighted by Gasteiger charge is 2.31. The van der Waals surface area contributed by atoms with E-state index in [-0.39, 0.29) is 11.8 Å². The Morgan fingerprint density at radius 2 is 1.72 bits per heavy atom. The first-order valence-corrected chi connectivity index (χ1v) is 15.1. The number of halogens is 1. The van der Waals surface area contributed by atoms with Crippen molar-refractivity contribution in [2.24, 2.45) is 0 Å². The van der Waals surface area contributed by atoms with E-state index in [0.717, 1.165) is 10.5 Å². The van der Waals surface area contributed by atoms with Crippen LogP contribution >= 0.6 is 11.6 Å². The maximum Gasteiger partial charge on any atom is 0.413 e. The van der Waals surface area contributed by atoms with Gasteiger partial charge in [-0.05, 0) is 80.3 Å². The number of nitrogens with zero attached hydrogens (tertiary/aromatic N) is 2. The van der Waals surface area contributed by atoms with Crippen molar-refractivity contribution in [3.63, 3.8) is 0 Å². The molecule has 0 fully saturated rings. The van der Waals surface area contributed by atoms with Crippen molar-refractivity contribution in [3.05, 3.63) is 93.5 Å². The Morgan fingerprint density at radius 3 is 2.41 bits per heavy atom. The molecule has 0 bridgehead atoms. The summed E-state index contributed by atoms with van der Waals surface area (Å²) in [5, 5.41) is 3.30. The molecular formula is C34H36ClN3O8. The number of aryl methyl sites for hydroxylation is 2. The number of hydrogen-bond donors (Lipinski definition) is 1. The Kier molecular flexibility index (Phi) is 11.0. The van der Waals surface area contributed by atoms with E-state index in [1.165, 1.54) is 20.9 Å². The number of anilines is 2. The second-order valence-electron chi connectivity index (χ2n) is 11.0. The third-order valence-electron chi connectivity index (χ3n) is 7.38. The largest absolute Gasteiger partial charge is 0.456 e. The number of fused-ring (bicyclic) bond motifs is 1. The molecule has 2 unspecified atom stereocenters. The van der Waals surface area contributed by atoms with Crippen LogP contribution in [-0.4, -0.2) is 61.2 Å². The van der Waals surface area contributed by atoms with Gasteiger partial charge < -0.3 is 29.3 Å². The van der Waals surface area contributed by atoms with Crippen molar-refractivity contribution in [3.8, 4) is 0 Å². The van der Waals surface area contributed by atoms with E-state index in [0.29, 0.717) is 58.0 Å². The number of hydrogen-bond acceptors (Lipinski definition) is 8. The van der Waals surface area contributed by atoms with E-state index in [1.54, 1.807) is 60.4 Å². The minimum absolute atomic E-state index is 0.241. The van der Waals surface area contributed by atoms with Gasteiger partial charge in [-0.1, -0.05) is 29.8 Å². The van der Waals surface area contributed by atoms with Crippen molar-refractivity contribution in [1.82, 2.24) is 4.90 Å². The fraction of sp³-hybridized carbons (Fsp3) is 0.324. The highest BCUT2D eigenvalue weighted by Crippen LogP contribution is 2.38. The normalized spacial score (nSPS) is 14.7. The minimum atomic E-state index is -1.12. The van der Waals surface area contributed by atoms with Gasteiger partial charge in [-0.3, -0.25) is 19.2 Å². The van der Waals surface area contributed by atoms with Crippen molar-refractivity contribution in [1.29, 1.82) is 0 Å². The molecule has 1 aliphatic heterocycles. The lowest BCUT2D eigenvalue weighted by molar-refractivity contribution is -0.164. The molecule has 0 aromatic heterocycles. The van der Waals surface area contributed by atoms with Gasteiger partial charge in [0, 0.05) is 54.8 Å². The molecule has 12 heteroatoms. The van der Waals surface area contributed by atoms with E-state index in [4.69, 9.17) is 25.8 Å². The van der Waals surface area contributed by atoms with E-state index < -0.39 is 37.0 Å². The van der Waals surface area contributed by atoms with Crippen LogP contribution in [0.1, 0.15) is 70.2 Å². The van der Waals surface area contributed by atoms with Crippen molar-refractivity contribution < 1.29 is 38.2 Å². The fourth-order valence-corrected chi connectivity index (χ4v) is 5.35. The zero-order valence-electron chi connectivity index (χ0n) is 26.3. The zero-order valence-corrected chi connectivity index (χ0v) is 27.1. The monoisotopic (exact) mass is 649 g/mol. The van der Waals surface area contributed by atoms with Gasteiger partial charge in [-0.2, -0.15) is 0 Å². The first-order valence-electron chi connectivity index (χ1n) is 14.7. The average molecular weight is 650 g/mol. The van der Waals surface area contributed by atoms with Crippen LogP contribution in [0.25, 0.3) is 0 Å². The molecule has 46 heavy (non-hydrogen) atoms. The molecule has 1 N–H and O–H groups in total. The van der Waals surface area contributed by atoms with Gasteiger partial charge in [0.05, 0.1) is 5.69 Å². The number of rotatable bonds is 8. The molecule has 3 amide bonds. The van der Waals surface area contributed by atoms with Crippen molar-refractivity contribution in [2.45, 2.75) is 52.9 Å². The smallest absolute Gasteiger partial charge is 0.413 e. The number of nitrogens with one attached hydrogen (secondary N) is 1. The Morgan fingerprint density at radius 1 is 0.978 bits per heavy atom. The lowest BCUT2D eigenvalue weighted by Gasteiger charge is -2.25. The van der Waals surface area contributed by atoms with Crippen molar-refractivity contribution in [2.75, 3.05) is 30.4 Å². The van der Waals surface area contributed by atoms with Crippen LogP contribution < -0.4 is 10.2 Å². The first-order chi connectivity index (χ1) is 21.8. The summed E-state index contributed by atoms with van der Waals surface area (Å²) >= 11 is 6.34. The van der Waals surface area contributed by atoms with Crippen LogP contribution in [0.4, 0.5) is 16.2 Å². The lowest BCUT2D eigenvalue weighted by Crippen LogP contribution is -2.36. The SMILES string of the molecule is CC(=O)OC(C)OC(=O)N(C)CC(=O)OC1CCCN(C(=O)c2ccc(NC(=O)c3ccccc3C)cc2C)c2ccc(Cl)cc21. The van der Waals surface area contributed by atoms with E-state index in [2.05, 4.69) is 5.32 Å². The van der Waals surface area contributed by atoms with E-state index >= 15 is 0 Å². The number of ether oxygens (including phenoxy) is 3. The fourth-order valence-electron chi connectivity index (χ4n) is 5.17. The average Bonchev–Trinajstić information content (AvgIpc) is 3.15. The molecule has 0 aliphatic carbocycles. The molecule has 1 aliphatic rings. The summed E-state index contributed by atoms with van der Waals surface area (Å²) in [4.78, 5) is 65.7. The second kappa shape index (κ2) is 14.9. The molecule has 1 heterocycles. The van der Waals surface area contributed by atoms with Crippen LogP contribution in [0.15, 0.2) is 60.7 Å². The van der Waals surface area contributed by atoms with Crippen LogP contribution in [0.5, 0.6) is 0 Å². The van der Waals surface area contributed by atoms with Crippen LogP contribution in [0.3, 0.4) is 0 Å². The Hall–Kier alpha value is -4.90. The highest BCUT2D eigenvalue weighted by atomic mass is 35.5. The predicted molar refractivity (Wildman–Crippen MR) is 172 cm³/mol. The molecule has 3 aromatic rings. The van der Waals surface area contributed by atoms with Gasteiger partial charge in [-0.25, -0.2) is 4.79 Å². The summed E-state index contributed by atoms with van der Waals surface area (Å²) in [6, 6.07) is 17.5. The molecule has 3 aromatic carbocycles. The second-order valence-corrected chi connectivity index (χ2v) is 11.4. The third-order valence-corrected chi connectivity index (χ3v) is 7.61. The number of amides is 3. The van der Waals surface area contributed by atoms with Gasteiger partial charge >= 0.3 is 18.0 Å². The van der Waals surface area contributed by atoms with Gasteiger partial charge in [-0.15, -0.1) is 0 Å². The summed E-state index contributed by atoms with van der Waals surface area (Å²) in [5.74, 6) is -1.81. The molecule has 2 atom stereocenters. The maximum atomic E-state index is 13.9. The highest BCUT2D eigenvalue weighted by molar-refractivity contribution is 6.30. The number of likely N-dealkylation sites (N-methyl/N-ethyl adjacent to an activating group) is 1. The van der Waals surface area contributed by atoms with Gasteiger partial charge in [0.15, 0.2) is 0 Å².